The fraction of sp³-hybridized carbons (Fsp3) is 0.444. The number of aromatic nitrogens is 1. The number of carboxylic acids is 2. The van der Waals surface area contributed by atoms with E-state index in [0.29, 0.717) is 6.04 Å². The van der Waals surface area contributed by atoms with Gasteiger partial charge in [0.1, 0.15) is 17.2 Å². The van der Waals surface area contributed by atoms with Crippen LogP contribution in [0.15, 0.2) is 42.5 Å². The lowest BCUT2D eigenvalue weighted by Gasteiger charge is -2.36. The summed E-state index contributed by atoms with van der Waals surface area (Å²) < 4.78 is 17.6. The summed E-state index contributed by atoms with van der Waals surface area (Å²) in [5.74, 6) is -1.03. The van der Waals surface area contributed by atoms with E-state index in [9.17, 15) is 0 Å². The maximum Gasteiger partial charge on any atom is 0.414 e. The van der Waals surface area contributed by atoms with Crippen molar-refractivity contribution in [2.24, 2.45) is 0 Å². The number of ether oxygens (including phenoxy) is 3. The van der Waals surface area contributed by atoms with Crippen molar-refractivity contribution < 1.29 is 34.0 Å². The van der Waals surface area contributed by atoms with E-state index in [-0.39, 0.29) is 0 Å². The first-order valence-corrected chi connectivity index (χ1v) is 13.2. The number of carbonyl (C=O) groups is 2. The molecule has 1 fully saturated rings. The third-order valence-electron chi connectivity index (χ3n) is 6.37. The Morgan fingerprint density at radius 3 is 2.18 bits per heavy atom. The van der Waals surface area contributed by atoms with E-state index in [1.807, 2.05) is 36.4 Å². The molecule has 1 aliphatic heterocycles. The quantitative estimate of drug-likeness (QED) is 0.283. The molecule has 1 aromatic heterocycles. The van der Waals surface area contributed by atoms with Crippen molar-refractivity contribution in [3.63, 3.8) is 0 Å². The number of thiazole rings is 1. The number of methoxy groups -OCH3 is 2. The molecule has 0 bridgehead atoms. The minimum Gasteiger partial charge on any atom is -0.497 e. The number of unbranched alkanes of at least 4 members (excludes halogenated alkanes) is 1. The highest BCUT2D eigenvalue weighted by Crippen LogP contribution is 2.33. The predicted octanol–water partition coefficient (Wildman–Crippen LogP) is 4.23. The van der Waals surface area contributed by atoms with Crippen LogP contribution in [-0.2, 0) is 9.59 Å². The van der Waals surface area contributed by atoms with Gasteiger partial charge >= 0.3 is 11.9 Å². The van der Waals surface area contributed by atoms with Gasteiger partial charge in [0.2, 0.25) is 0 Å². The Balaban J connectivity index is 0.000000599. The second kappa shape index (κ2) is 14.4. The van der Waals surface area contributed by atoms with Crippen LogP contribution >= 0.6 is 11.3 Å². The maximum atomic E-state index is 9.10. The van der Waals surface area contributed by atoms with Crippen LogP contribution in [0.3, 0.4) is 0 Å². The third-order valence-corrected chi connectivity index (χ3v) is 7.50. The second-order valence-electron chi connectivity index (χ2n) is 8.86. The Kier molecular flexibility index (Phi) is 11.0. The van der Waals surface area contributed by atoms with Gasteiger partial charge in [-0.3, -0.25) is 0 Å². The van der Waals surface area contributed by atoms with E-state index in [4.69, 9.17) is 39.0 Å². The minimum absolute atomic E-state index is 0.548. The van der Waals surface area contributed by atoms with Crippen molar-refractivity contribution in [1.29, 1.82) is 0 Å². The fourth-order valence-electron chi connectivity index (χ4n) is 4.16. The molecule has 2 heterocycles. The molecule has 2 aromatic carbocycles. The summed E-state index contributed by atoms with van der Waals surface area (Å²) in [5, 5.41) is 15.9. The van der Waals surface area contributed by atoms with Crippen molar-refractivity contribution in [2.75, 3.05) is 52.4 Å². The number of nitrogens with zero attached hydrogens (tertiary/aromatic N) is 3. The van der Waals surface area contributed by atoms with Gasteiger partial charge in [-0.05, 0) is 68.6 Å². The van der Waals surface area contributed by atoms with E-state index in [2.05, 4.69) is 22.9 Å². The van der Waals surface area contributed by atoms with Crippen LogP contribution in [0.2, 0.25) is 0 Å². The van der Waals surface area contributed by atoms with Gasteiger partial charge < -0.3 is 34.2 Å². The normalized spacial score (nSPS) is 13.9. The lowest BCUT2D eigenvalue weighted by atomic mass is 10.0. The Bertz CT molecular complexity index is 1170. The SMILES string of the molecule is COc1ccc(OCCCCN2CCC(N(C)c3nc4cc(OC)ccc4s3)CC2)cc1.O=C(O)C(=O)O. The summed E-state index contributed by atoms with van der Waals surface area (Å²) in [7, 11) is 5.56. The summed E-state index contributed by atoms with van der Waals surface area (Å²) in [5.41, 5.74) is 1.02. The van der Waals surface area contributed by atoms with Crippen LogP contribution in [0.1, 0.15) is 25.7 Å². The van der Waals surface area contributed by atoms with Gasteiger partial charge in [-0.25, -0.2) is 14.6 Å². The fourth-order valence-corrected chi connectivity index (χ4v) is 5.14. The topological polar surface area (TPSA) is 122 Å². The van der Waals surface area contributed by atoms with E-state index in [0.717, 1.165) is 67.0 Å². The van der Waals surface area contributed by atoms with Crippen molar-refractivity contribution in [1.82, 2.24) is 9.88 Å². The maximum absolute atomic E-state index is 9.10. The molecule has 0 saturated carbocycles. The lowest BCUT2D eigenvalue weighted by Crippen LogP contribution is -2.43. The van der Waals surface area contributed by atoms with Crippen LogP contribution in [-0.4, -0.2) is 85.6 Å². The number of hydrogen-bond acceptors (Lipinski definition) is 9. The predicted molar refractivity (Wildman–Crippen MR) is 147 cm³/mol. The van der Waals surface area contributed by atoms with E-state index >= 15 is 0 Å². The van der Waals surface area contributed by atoms with Gasteiger partial charge in [0.05, 0.1) is 31.0 Å². The first kappa shape index (κ1) is 29.0. The molecule has 0 unspecified atom stereocenters. The second-order valence-corrected chi connectivity index (χ2v) is 9.86. The number of likely N-dealkylation sites (tertiary alicyclic amines) is 1. The van der Waals surface area contributed by atoms with E-state index < -0.39 is 11.9 Å². The molecule has 1 aliphatic rings. The first-order valence-electron chi connectivity index (χ1n) is 12.4. The Hall–Kier alpha value is -3.57. The smallest absolute Gasteiger partial charge is 0.414 e. The zero-order valence-electron chi connectivity index (χ0n) is 22.0. The Labute approximate surface area is 226 Å². The summed E-state index contributed by atoms with van der Waals surface area (Å²) in [6.07, 6.45) is 4.59. The molecular formula is C27H35N3O7S. The monoisotopic (exact) mass is 545 g/mol. The van der Waals surface area contributed by atoms with Crippen LogP contribution in [0.25, 0.3) is 10.2 Å². The highest BCUT2D eigenvalue weighted by Gasteiger charge is 2.24. The van der Waals surface area contributed by atoms with Crippen LogP contribution in [0.5, 0.6) is 17.2 Å². The Morgan fingerprint density at radius 2 is 1.58 bits per heavy atom. The largest absolute Gasteiger partial charge is 0.497 e. The highest BCUT2D eigenvalue weighted by molar-refractivity contribution is 7.22. The molecule has 4 rings (SSSR count). The van der Waals surface area contributed by atoms with Crippen LogP contribution in [0.4, 0.5) is 5.13 Å². The molecule has 11 heteroatoms. The summed E-state index contributed by atoms with van der Waals surface area (Å²) in [6, 6.07) is 14.5. The summed E-state index contributed by atoms with van der Waals surface area (Å²) >= 11 is 1.76. The van der Waals surface area contributed by atoms with Gasteiger partial charge in [0.25, 0.3) is 0 Å². The average Bonchev–Trinajstić information content (AvgIpc) is 3.37. The minimum atomic E-state index is -1.82. The highest BCUT2D eigenvalue weighted by atomic mass is 32.1. The number of carboxylic acid groups (broad SMARTS) is 2. The number of anilines is 1. The van der Waals surface area contributed by atoms with Gasteiger partial charge in [-0.2, -0.15) is 0 Å². The number of fused-ring (bicyclic) bond motifs is 1. The van der Waals surface area contributed by atoms with Gasteiger partial charge in [-0.15, -0.1) is 0 Å². The molecule has 0 radical (unpaired) electrons. The number of aliphatic carboxylic acids is 2. The van der Waals surface area contributed by atoms with Gasteiger partial charge in [-0.1, -0.05) is 11.3 Å². The molecule has 10 nitrogen and oxygen atoms in total. The van der Waals surface area contributed by atoms with Crippen molar-refractivity contribution in [2.45, 2.75) is 31.7 Å². The van der Waals surface area contributed by atoms with Gasteiger partial charge in [0.15, 0.2) is 5.13 Å². The van der Waals surface area contributed by atoms with Crippen molar-refractivity contribution in [3.05, 3.63) is 42.5 Å². The van der Waals surface area contributed by atoms with E-state index in [1.165, 1.54) is 17.5 Å². The molecular weight excluding hydrogens is 510 g/mol. The van der Waals surface area contributed by atoms with Crippen LogP contribution in [0, 0.1) is 0 Å². The number of rotatable bonds is 10. The molecule has 0 aliphatic carbocycles. The molecule has 0 atom stereocenters. The van der Waals surface area contributed by atoms with Crippen LogP contribution < -0.4 is 19.1 Å². The van der Waals surface area contributed by atoms with Crippen molar-refractivity contribution in [3.8, 4) is 17.2 Å². The first-order chi connectivity index (χ1) is 18.3. The molecule has 0 amide bonds. The zero-order valence-corrected chi connectivity index (χ0v) is 22.8. The standard InChI is InChI=1S/C25H33N3O3S.C2H2O4/c1-27(25-26-23-18-22(30-3)10-11-24(23)32-25)19-12-15-28(16-13-19)14-4-5-17-31-21-8-6-20(29-2)7-9-21;3-1(4)2(5)6/h6-11,18-19H,4-5,12-17H2,1-3H3;(H,3,4)(H,5,6). The number of hydrogen-bond donors (Lipinski definition) is 2. The van der Waals surface area contributed by atoms with E-state index in [1.54, 1.807) is 25.6 Å². The molecule has 38 heavy (non-hydrogen) atoms. The average molecular weight is 546 g/mol. The molecule has 2 N–H and O–H groups in total. The molecule has 206 valence electrons. The summed E-state index contributed by atoms with van der Waals surface area (Å²) in [6.45, 7) is 4.19. The summed E-state index contributed by atoms with van der Waals surface area (Å²) in [4.78, 5) is 28.0. The lowest BCUT2D eigenvalue weighted by molar-refractivity contribution is -0.159. The zero-order chi connectivity index (χ0) is 27.5. The number of benzene rings is 2. The Morgan fingerprint density at radius 1 is 0.974 bits per heavy atom. The molecule has 3 aromatic rings. The third kappa shape index (κ3) is 8.49. The number of piperidine rings is 1. The molecule has 0 spiro atoms. The molecule has 1 saturated heterocycles. The van der Waals surface area contributed by atoms with Crippen molar-refractivity contribution >= 4 is 38.6 Å². The van der Waals surface area contributed by atoms with Gasteiger partial charge in [0, 0.05) is 32.2 Å².